The summed E-state index contributed by atoms with van der Waals surface area (Å²) in [5.74, 6) is -2.23. The minimum atomic E-state index is -3.84. The summed E-state index contributed by atoms with van der Waals surface area (Å²) < 4.78 is 60.3. The Hall–Kier alpha value is -2.93. The average Bonchev–Trinajstić information content (AvgIpc) is 2.62. The summed E-state index contributed by atoms with van der Waals surface area (Å²) in [4.78, 5) is 0.0851. The van der Waals surface area contributed by atoms with Crippen molar-refractivity contribution in [2.75, 3.05) is 11.8 Å². The number of methoxy groups -OCH3 is 1. The quantitative estimate of drug-likeness (QED) is 0.717. The number of sulfonamides is 1. The van der Waals surface area contributed by atoms with Crippen LogP contribution in [0.4, 0.5) is 14.5 Å². The molecule has 0 aliphatic rings. The number of rotatable bonds is 5. The van der Waals surface area contributed by atoms with Crippen LogP contribution in [0.2, 0.25) is 0 Å². The van der Waals surface area contributed by atoms with E-state index in [0.29, 0.717) is 5.56 Å². The van der Waals surface area contributed by atoms with E-state index >= 15 is 0 Å². The zero-order chi connectivity index (χ0) is 18.7. The lowest BCUT2D eigenvalue weighted by Crippen LogP contribution is -2.13. The van der Waals surface area contributed by atoms with Gasteiger partial charge in [-0.15, -0.1) is 0 Å². The molecule has 4 nitrogen and oxygen atoms in total. The monoisotopic (exact) mass is 375 g/mol. The van der Waals surface area contributed by atoms with Crippen LogP contribution in [0.3, 0.4) is 0 Å². The zero-order valence-electron chi connectivity index (χ0n) is 13.7. The molecule has 0 aliphatic heterocycles. The standard InChI is InChI=1S/C19H15F2NO3S/c1-25-19-16(20)11-13(12-17(19)21)15-9-5-6-10-18(15)22-26(23,24)14-7-3-2-4-8-14/h2-12,22H,1H3. The Balaban J connectivity index is 2.05. The molecule has 0 atom stereocenters. The minimum Gasteiger partial charge on any atom is -0.491 e. The van der Waals surface area contributed by atoms with E-state index in [-0.39, 0.29) is 16.1 Å². The Morgan fingerprint density at radius 1 is 0.885 bits per heavy atom. The third-order valence-electron chi connectivity index (χ3n) is 3.74. The highest BCUT2D eigenvalue weighted by Gasteiger charge is 2.18. The molecule has 134 valence electrons. The number of halogens is 2. The lowest BCUT2D eigenvalue weighted by molar-refractivity contribution is 0.360. The second kappa shape index (κ2) is 7.13. The summed E-state index contributed by atoms with van der Waals surface area (Å²) in [6, 6.07) is 16.4. The van der Waals surface area contributed by atoms with E-state index in [2.05, 4.69) is 9.46 Å². The molecule has 0 amide bonds. The largest absolute Gasteiger partial charge is 0.491 e. The number of nitrogens with one attached hydrogen (secondary N) is 1. The summed E-state index contributed by atoms with van der Waals surface area (Å²) in [6.07, 6.45) is 0. The van der Waals surface area contributed by atoms with Gasteiger partial charge in [0.05, 0.1) is 17.7 Å². The SMILES string of the molecule is COc1c(F)cc(-c2ccccc2NS(=O)(=O)c2ccccc2)cc1F. The van der Waals surface area contributed by atoms with Gasteiger partial charge >= 0.3 is 0 Å². The van der Waals surface area contributed by atoms with Gasteiger partial charge in [0.15, 0.2) is 17.4 Å². The van der Waals surface area contributed by atoms with Gasteiger partial charge in [-0.1, -0.05) is 36.4 Å². The van der Waals surface area contributed by atoms with Gasteiger partial charge in [-0.3, -0.25) is 4.72 Å². The van der Waals surface area contributed by atoms with Crippen LogP contribution < -0.4 is 9.46 Å². The predicted octanol–water partition coefficient (Wildman–Crippen LogP) is 4.44. The first-order valence-corrected chi connectivity index (χ1v) is 9.11. The molecule has 0 spiro atoms. The van der Waals surface area contributed by atoms with Gasteiger partial charge in [-0.2, -0.15) is 0 Å². The van der Waals surface area contributed by atoms with E-state index in [1.54, 1.807) is 36.4 Å². The molecule has 7 heteroatoms. The van der Waals surface area contributed by atoms with Gasteiger partial charge in [-0.05, 0) is 35.9 Å². The Morgan fingerprint density at radius 2 is 1.46 bits per heavy atom. The van der Waals surface area contributed by atoms with Crippen molar-refractivity contribution >= 4 is 15.7 Å². The Labute approximate surface area is 150 Å². The van der Waals surface area contributed by atoms with Gasteiger partial charge in [0.1, 0.15) is 0 Å². The van der Waals surface area contributed by atoms with Crippen LogP contribution in [0.15, 0.2) is 71.6 Å². The molecule has 0 saturated carbocycles. The maximum atomic E-state index is 14.0. The molecule has 26 heavy (non-hydrogen) atoms. The molecule has 3 aromatic carbocycles. The summed E-state index contributed by atoms with van der Waals surface area (Å²) >= 11 is 0. The maximum Gasteiger partial charge on any atom is 0.261 e. The highest BCUT2D eigenvalue weighted by molar-refractivity contribution is 7.92. The molecule has 3 rings (SSSR count). The van der Waals surface area contributed by atoms with Crippen LogP contribution in [0.1, 0.15) is 0 Å². The van der Waals surface area contributed by atoms with Gasteiger partial charge in [0, 0.05) is 5.56 Å². The molecule has 1 N–H and O–H groups in total. The van der Waals surface area contributed by atoms with Crippen molar-refractivity contribution in [3.63, 3.8) is 0 Å². The summed E-state index contributed by atoms with van der Waals surface area (Å²) in [5, 5.41) is 0. The normalized spacial score (nSPS) is 11.2. The van der Waals surface area contributed by atoms with E-state index < -0.39 is 27.4 Å². The molecule has 3 aromatic rings. The summed E-state index contributed by atoms with van der Waals surface area (Å²) in [7, 11) is -2.67. The van der Waals surface area contributed by atoms with Crippen molar-refractivity contribution in [2.24, 2.45) is 0 Å². The van der Waals surface area contributed by atoms with Crippen LogP contribution in [0, 0.1) is 11.6 Å². The van der Waals surface area contributed by atoms with E-state index in [1.165, 1.54) is 25.3 Å². The van der Waals surface area contributed by atoms with E-state index in [0.717, 1.165) is 12.1 Å². The predicted molar refractivity (Wildman–Crippen MR) is 95.6 cm³/mol. The van der Waals surface area contributed by atoms with E-state index in [1.807, 2.05) is 0 Å². The van der Waals surface area contributed by atoms with Gasteiger partial charge in [0.25, 0.3) is 10.0 Å². The Morgan fingerprint density at radius 3 is 2.08 bits per heavy atom. The fraction of sp³-hybridized carbons (Fsp3) is 0.0526. The highest BCUT2D eigenvalue weighted by atomic mass is 32.2. The smallest absolute Gasteiger partial charge is 0.261 e. The fourth-order valence-corrected chi connectivity index (χ4v) is 3.64. The number of ether oxygens (including phenoxy) is 1. The van der Waals surface area contributed by atoms with Crippen LogP contribution in [0.5, 0.6) is 5.75 Å². The Kier molecular flexibility index (Phi) is 4.90. The maximum absolute atomic E-state index is 14.0. The first kappa shape index (κ1) is 17.9. The number of benzene rings is 3. The molecular weight excluding hydrogens is 360 g/mol. The van der Waals surface area contributed by atoms with Crippen LogP contribution in [-0.2, 0) is 10.0 Å². The van der Waals surface area contributed by atoms with E-state index in [9.17, 15) is 17.2 Å². The van der Waals surface area contributed by atoms with Crippen molar-refractivity contribution < 1.29 is 21.9 Å². The van der Waals surface area contributed by atoms with Gasteiger partial charge < -0.3 is 4.74 Å². The van der Waals surface area contributed by atoms with Gasteiger partial charge in [0.2, 0.25) is 0 Å². The Bertz CT molecular complexity index is 1010. The van der Waals surface area contributed by atoms with Crippen molar-refractivity contribution in [3.8, 4) is 16.9 Å². The van der Waals surface area contributed by atoms with Crippen LogP contribution in [0.25, 0.3) is 11.1 Å². The van der Waals surface area contributed by atoms with Crippen molar-refractivity contribution in [1.82, 2.24) is 0 Å². The average molecular weight is 375 g/mol. The summed E-state index contributed by atoms with van der Waals surface area (Å²) in [6.45, 7) is 0. The molecule has 0 unspecified atom stereocenters. The van der Waals surface area contributed by atoms with Crippen LogP contribution >= 0.6 is 0 Å². The fourth-order valence-electron chi connectivity index (χ4n) is 2.54. The van der Waals surface area contributed by atoms with Crippen molar-refractivity contribution in [3.05, 3.63) is 78.4 Å². The topological polar surface area (TPSA) is 55.4 Å². The second-order valence-electron chi connectivity index (χ2n) is 5.44. The minimum absolute atomic E-state index is 0.0851. The molecular formula is C19H15F2NO3S. The van der Waals surface area contributed by atoms with Crippen molar-refractivity contribution in [1.29, 1.82) is 0 Å². The molecule has 0 aromatic heterocycles. The van der Waals surface area contributed by atoms with Crippen LogP contribution in [-0.4, -0.2) is 15.5 Å². The van der Waals surface area contributed by atoms with Crippen molar-refractivity contribution in [2.45, 2.75) is 4.90 Å². The lowest BCUT2D eigenvalue weighted by Gasteiger charge is -2.14. The number of hydrogen-bond acceptors (Lipinski definition) is 3. The third kappa shape index (κ3) is 3.52. The number of hydrogen-bond donors (Lipinski definition) is 1. The molecule has 0 radical (unpaired) electrons. The molecule has 0 saturated heterocycles. The third-order valence-corrected chi connectivity index (χ3v) is 5.12. The first-order valence-electron chi connectivity index (χ1n) is 7.62. The molecule has 0 bridgehead atoms. The highest BCUT2D eigenvalue weighted by Crippen LogP contribution is 2.33. The number of para-hydroxylation sites is 1. The first-order chi connectivity index (χ1) is 12.4. The molecule has 0 heterocycles. The van der Waals surface area contributed by atoms with E-state index in [4.69, 9.17) is 0 Å². The lowest BCUT2D eigenvalue weighted by atomic mass is 10.0. The number of anilines is 1. The second-order valence-corrected chi connectivity index (χ2v) is 7.12. The summed E-state index contributed by atoms with van der Waals surface area (Å²) in [5.41, 5.74) is 0.736. The van der Waals surface area contributed by atoms with Gasteiger partial charge in [-0.25, -0.2) is 17.2 Å². The zero-order valence-corrected chi connectivity index (χ0v) is 14.6. The molecule has 0 fully saturated rings. The molecule has 0 aliphatic carbocycles.